The molecule has 0 N–H and O–H groups in total. The molecule has 8 aromatic carbocycles. The summed E-state index contributed by atoms with van der Waals surface area (Å²) in [4.78, 5) is 80.0. The number of carbonyl (C=O) groups is 5. The van der Waals surface area contributed by atoms with Crippen molar-refractivity contribution in [3.63, 3.8) is 0 Å². The molecule has 0 saturated heterocycles. The molecule has 0 fully saturated rings. The molecule has 8 rings (SSSR count). The number of carbonyl (C=O) groups excluding carboxylic acids is 5. The van der Waals surface area contributed by atoms with Crippen LogP contribution in [0, 0.1) is 0 Å². The lowest BCUT2D eigenvalue weighted by molar-refractivity contribution is -0.160. The maximum Gasteiger partial charge on any atom is 0.326 e. The summed E-state index contributed by atoms with van der Waals surface area (Å²) < 4.78 is 5.82. The van der Waals surface area contributed by atoms with Crippen LogP contribution in [0.4, 0.5) is 0 Å². The molecule has 72 heavy (non-hydrogen) atoms. The molecule has 368 valence electrons. The van der Waals surface area contributed by atoms with Gasteiger partial charge in [0, 0.05) is 6.92 Å². The van der Waals surface area contributed by atoms with Crippen LogP contribution in [0.15, 0.2) is 170 Å². The van der Waals surface area contributed by atoms with Gasteiger partial charge in [0.05, 0.1) is 24.2 Å². The molecule has 0 aliphatic carbocycles. The normalized spacial score (nSPS) is 13.3. The van der Waals surface area contributed by atoms with Gasteiger partial charge in [-0.05, 0) is 114 Å². The van der Waals surface area contributed by atoms with E-state index in [1.165, 1.54) is 16.7 Å². The number of hydrogen-bond donors (Lipinski definition) is 0. The van der Waals surface area contributed by atoms with Crippen LogP contribution in [0.2, 0.25) is 0 Å². The summed E-state index contributed by atoms with van der Waals surface area (Å²) >= 11 is 0. The van der Waals surface area contributed by atoms with Crippen molar-refractivity contribution in [1.82, 2.24) is 19.6 Å². The van der Waals surface area contributed by atoms with E-state index in [0.29, 0.717) is 0 Å². The largest absolute Gasteiger partial charge is 0.459 e. The standard InChI is InChI=1S/C62H64N4O6/c1-41(50-33-17-25-46-21-9-13-29-54(46)50)63(45(5)67)37-58(68)64(42(2)51-34-18-26-47-22-10-14-30-55(47)51)38-59(69)65(43(3)52-35-19-27-48-23-11-15-31-56(48)52)39-60(70)66(40-61(71)72-62(6,7)8)44(4)53-36-20-28-49-24-12-16-32-57(49)53/h9-36,41-44H,37-40H2,1-8H3/t41-,42-,43-,44-/m0/s1. The Kier molecular flexibility index (Phi) is 15.2. The first-order valence-electron chi connectivity index (χ1n) is 24.8. The Labute approximate surface area is 422 Å². The van der Waals surface area contributed by atoms with E-state index in [-0.39, 0.29) is 19.0 Å². The molecule has 10 nitrogen and oxygen atoms in total. The molecule has 0 heterocycles. The molecule has 0 spiro atoms. The molecule has 4 atom stereocenters. The Morgan fingerprint density at radius 2 is 0.625 bits per heavy atom. The Bertz CT molecular complexity index is 3280. The molecule has 0 unspecified atom stereocenters. The van der Waals surface area contributed by atoms with Crippen LogP contribution in [0.25, 0.3) is 43.1 Å². The van der Waals surface area contributed by atoms with Crippen molar-refractivity contribution in [2.75, 3.05) is 26.2 Å². The number of esters is 1. The van der Waals surface area contributed by atoms with Gasteiger partial charge >= 0.3 is 5.97 Å². The van der Waals surface area contributed by atoms with Crippen LogP contribution in [0.5, 0.6) is 0 Å². The summed E-state index contributed by atoms with van der Waals surface area (Å²) in [6.45, 7) is 12.9. The van der Waals surface area contributed by atoms with Crippen LogP contribution in [0.3, 0.4) is 0 Å². The minimum absolute atomic E-state index is 0.296. The Hall–Kier alpha value is -7.85. The maximum atomic E-state index is 15.7. The van der Waals surface area contributed by atoms with Crippen LogP contribution >= 0.6 is 0 Å². The zero-order chi connectivity index (χ0) is 51.3. The highest BCUT2D eigenvalue weighted by atomic mass is 16.6. The summed E-state index contributed by atoms with van der Waals surface area (Å²) in [5.74, 6) is -2.29. The van der Waals surface area contributed by atoms with Crippen LogP contribution in [-0.4, -0.2) is 81.0 Å². The number of fused-ring (bicyclic) bond motifs is 4. The van der Waals surface area contributed by atoms with E-state index in [2.05, 4.69) is 0 Å². The first-order valence-corrected chi connectivity index (χ1v) is 24.8. The van der Waals surface area contributed by atoms with Gasteiger partial charge in [-0.15, -0.1) is 0 Å². The lowest BCUT2D eigenvalue weighted by atomic mass is 9.97. The fraction of sp³-hybridized carbons (Fsp3) is 0.274. The number of rotatable bonds is 16. The fourth-order valence-electron chi connectivity index (χ4n) is 10.2. The molecule has 0 aliphatic rings. The van der Waals surface area contributed by atoms with Crippen LogP contribution < -0.4 is 0 Å². The highest BCUT2D eigenvalue weighted by Crippen LogP contribution is 2.35. The lowest BCUT2D eigenvalue weighted by Gasteiger charge is -2.38. The summed E-state index contributed by atoms with van der Waals surface area (Å²) in [6.07, 6.45) is 0. The van der Waals surface area contributed by atoms with Gasteiger partial charge in [-0.1, -0.05) is 170 Å². The SMILES string of the molecule is CC(=O)N(CC(=O)N(CC(=O)N(CC(=O)N(CC(=O)OC(C)(C)C)[C@@H](C)c1cccc2ccccc12)[C@@H](C)c1cccc2ccccc12)[C@@H](C)c1cccc2ccccc12)[C@@H](C)c1cccc2ccccc12. The van der Waals surface area contributed by atoms with E-state index >= 15 is 14.4 Å². The third-order valence-corrected chi connectivity index (χ3v) is 14.0. The van der Waals surface area contributed by atoms with Gasteiger partial charge in [-0.2, -0.15) is 0 Å². The van der Waals surface area contributed by atoms with Crippen molar-refractivity contribution >= 4 is 72.7 Å². The van der Waals surface area contributed by atoms with E-state index < -0.39 is 66.5 Å². The van der Waals surface area contributed by atoms with Crippen LogP contribution in [-0.2, 0) is 28.7 Å². The van der Waals surface area contributed by atoms with E-state index in [4.69, 9.17) is 4.74 Å². The molecular formula is C62H64N4O6. The average Bonchev–Trinajstić information content (AvgIpc) is 3.38. The lowest BCUT2D eigenvalue weighted by Crippen LogP contribution is -2.51. The average molecular weight is 961 g/mol. The topological polar surface area (TPSA) is 108 Å². The fourth-order valence-corrected chi connectivity index (χ4v) is 10.2. The van der Waals surface area contributed by atoms with Gasteiger partial charge in [0.25, 0.3) is 0 Å². The van der Waals surface area contributed by atoms with Crippen molar-refractivity contribution < 1.29 is 28.7 Å². The quantitative estimate of drug-likeness (QED) is 0.0893. The molecule has 8 aromatic rings. The minimum Gasteiger partial charge on any atom is -0.459 e. The summed E-state index contributed by atoms with van der Waals surface area (Å²) in [6, 6.07) is 52.8. The zero-order valence-electron chi connectivity index (χ0n) is 42.5. The van der Waals surface area contributed by atoms with Crippen molar-refractivity contribution in [2.45, 2.75) is 85.2 Å². The van der Waals surface area contributed by atoms with Gasteiger partial charge in [0.1, 0.15) is 31.8 Å². The van der Waals surface area contributed by atoms with E-state index in [9.17, 15) is 9.59 Å². The van der Waals surface area contributed by atoms with Crippen molar-refractivity contribution in [3.05, 3.63) is 192 Å². The first kappa shape index (κ1) is 50.5. The Balaban J connectivity index is 1.21. The van der Waals surface area contributed by atoms with Gasteiger partial charge in [0.15, 0.2) is 0 Å². The second-order valence-electron chi connectivity index (χ2n) is 19.8. The molecule has 0 radical (unpaired) electrons. The highest BCUT2D eigenvalue weighted by Gasteiger charge is 2.36. The minimum atomic E-state index is -0.819. The Morgan fingerprint density at radius 3 is 0.917 bits per heavy atom. The van der Waals surface area contributed by atoms with Crippen molar-refractivity contribution in [2.24, 2.45) is 0 Å². The van der Waals surface area contributed by atoms with Crippen molar-refractivity contribution in [1.29, 1.82) is 0 Å². The Morgan fingerprint density at radius 1 is 0.375 bits per heavy atom. The number of amides is 4. The van der Waals surface area contributed by atoms with E-state index in [1.807, 2.05) is 198 Å². The number of hydrogen-bond acceptors (Lipinski definition) is 6. The molecule has 0 saturated carbocycles. The summed E-state index contributed by atoms with van der Waals surface area (Å²) in [5.41, 5.74) is 2.53. The van der Waals surface area contributed by atoms with Gasteiger partial charge in [-0.3, -0.25) is 24.0 Å². The van der Waals surface area contributed by atoms with E-state index in [0.717, 1.165) is 65.3 Å². The third kappa shape index (κ3) is 11.0. The molecule has 0 aromatic heterocycles. The second-order valence-corrected chi connectivity index (χ2v) is 19.8. The molecule has 4 amide bonds. The summed E-state index contributed by atoms with van der Waals surface area (Å²) in [5, 5.41) is 7.65. The van der Waals surface area contributed by atoms with Crippen molar-refractivity contribution in [3.8, 4) is 0 Å². The molecule has 0 aliphatic heterocycles. The number of ether oxygens (including phenoxy) is 1. The molecule has 10 heteroatoms. The molecular weight excluding hydrogens is 897 g/mol. The zero-order valence-corrected chi connectivity index (χ0v) is 42.5. The smallest absolute Gasteiger partial charge is 0.326 e. The predicted octanol–water partition coefficient (Wildman–Crippen LogP) is 12.3. The molecule has 0 bridgehead atoms. The van der Waals surface area contributed by atoms with Crippen LogP contribution in [0.1, 0.15) is 102 Å². The van der Waals surface area contributed by atoms with E-state index in [1.54, 1.807) is 30.6 Å². The third-order valence-electron chi connectivity index (χ3n) is 14.0. The first-order chi connectivity index (χ1) is 34.5. The van der Waals surface area contributed by atoms with Gasteiger partial charge < -0.3 is 24.3 Å². The summed E-state index contributed by atoms with van der Waals surface area (Å²) in [7, 11) is 0. The van der Waals surface area contributed by atoms with Gasteiger partial charge in [0.2, 0.25) is 23.6 Å². The second kappa shape index (κ2) is 21.6. The maximum absolute atomic E-state index is 15.7. The van der Waals surface area contributed by atoms with Gasteiger partial charge in [-0.25, -0.2) is 0 Å². The number of nitrogens with zero attached hydrogens (tertiary/aromatic N) is 4. The monoisotopic (exact) mass is 960 g/mol. The number of benzene rings is 8. The highest BCUT2D eigenvalue weighted by molar-refractivity contribution is 5.95. The predicted molar refractivity (Wildman–Crippen MR) is 288 cm³/mol.